The Labute approximate surface area is 138 Å². The molecule has 0 radical (unpaired) electrons. The van der Waals surface area contributed by atoms with E-state index in [2.05, 4.69) is 10.1 Å². The quantitative estimate of drug-likeness (QED) is 0.628. The number of hydrogen-bond acceptors (Lipinski definition) is 3. The molecule has 124 valence electrons. The maximum absolute atomic E-state index is 13.8. The average molecular weight is 358 g/mol. The van der Waals surface area contributed by atoms with Crippen molar-refractivity contribution in [2.24, 2.45) is 0 Å². The van der Waals surface area contributed by atoms with E-state index in [1.807, 2.05) is 0 Å². The van der Waals surface area contributed by atoms with Gasteiger partial charge >= 0.3 is 6.18 Å². The lowest BCUT2D eigenvalue weighted by molar-refractivity contribution is -0.137. The first kappa shape index (κ1) is 16.3. The van der Waals surface area contributed by atoms with Crippen LogP contribution in [-0.4, -0.2) is 14.8 Å². The molecule has 0 fully saturated rings. The third kappa shape index (κ3) is 3.33. The van der Waals surface area contributed by atoms with Crippen LogP contribution in [0.2, 0.25) is 5.02 Å². The van der Waals surface area contributed by atoms with Gasteiger partial charge < -0.3 is 4.74 Å². The van der Waals surface area contributed by atoms with Crippen LogP contribution in [0.4, 0.5) is 17.6 Å². The summed E-state index contributed by atoms with van der Waals surface area (Å²) in [7, 11) is 0. The number of ether oxygens (including phenoxy) is 1. The van der Waals surface area contributed by atoms with E-state index in [0.29, 0.717) is 6.20 Å². The van der Waals surface area contributed by atoms with Gasteiger partial charge in [-0.05, 0) is 18.2 Å². The first-order chi connectivity index (χ1) is 11.3. The molecule has 24 heavy (non-hydrogen) atoms. The van der Waals surface area contributed by atoms with E-state index in [1.165, 1.54) is 18.3 Å². The number of halogens is 5. The Bertz CT molecular complexity index is 879. The summed E-state index contributed by atoms with van der Waals surface area (Å²) >= 11 is 5.61. The molecule has 2 aromatic heterocycles. The normalized spacial score (nSPS) is 11.5. The Morgan fingerprint density at radius 1 is 1.12 bits per heavy atom. The summed E-state index contributed by atoms with van der Waals surface area (Å²) in [4.78, 5) is 3.71. The monoisotopic (exact) mass is 357 g/mol. The van der Waals surface area contributed by atoms with Gasteiger partial charge in [0.15, 0.2) is 11.6 Å². The Hall–Kier alpha value is -2.61. The summed E-state index contributed by atoms with van der Waals surface area (Å²) in [5.41, 5.74) is -0.711. The number of pyridine rings is 1. The molecule has 3 rings (SSSR count). The maximum atomic E-state index is 13.8. The van der Waals surface area contributed by atoms with Gasteiger partial charge in [-0.1, -0.05) is 23.7 Å². The summed E-state index contributed by atoms with van der Waals surface area (Å²) in [6.45, 7) is 0. The van der Waals surface area contributed by atoms with Gasteiger partial charge in [-0.15, -0.1) is 0 Å². The summed E-state index contributed by atoms with van der Waals surface area (Å²) in [5, 5.41) is 3.77. The van der Waals surface area contributed by atoms with Crippen molar-refractivity contribution < 1.29 is 22.3 Å². The molecule has 3 aromatic rings. The molecular weight excluding hydrogens is 350 g/mol. The number of para-hydroxylation sites is 2. The zero-order chi connectivity index (χ0) is 17.3. The maximum Gasteiger partial charge on any atom is 0.419 e. The van der Waals surface area contributed by atoms with Crippen LogP contribution >= 0.6 is 11.6 Å². The summed E-state index contributed by atoms with van der Waals surface area (Å²) in [6.07, 6.45) is -1.82. The molecule has 4 nitrogen and oxygen atoms in total. The van der Waals surface area contributed by atoms with Crippen LogP contribution in [0.25, 0.3) is 5.69 Å². The number of rotatable bonds is 3. The molecular formula is C15H8ClF4N3O. The highest BCUT2D eigenvalue weighted by Crippen LogP contribution is 2.32. The van der Waals surface area contributed by atoms with E-state index < -0.39 is 17.6 Å². The predicted molar refractivity (Wildman–Crippen MR) is 77.8 cm³/mol. The van der Waals surface area contributed by atoms with Gasteiger partial charge in [0.1, 0.15) is 5.69 Å². The van der Waals surface area contributed by atoms with Crippen molar-refractivity contribution in [2.75, 3.05) is 0 Å². The molecule has 0 atom stereocenters. The average Bonchev–Trinajstić information content (AvgIpc) is 3.00. The van der Waals surface area contributed by atoms with Crippen molar-refractivity contribution in [1.29, 1.82) is 0 Å². The van der Waals surface area contributed by atoms with Crippen molar-refractivity contribution in [3.05, 3.63) is 65.3 Å². The van der Waals surface area contributed by atoms with Crippen LogP contribution in [0.5, 0.6) is 11.6 Å². The van der Waals surface area contributed by atoms with Gasteiger partial charge in [0.2, 0.25) is 0 Å². The van der Waals surface area contributed by atoms with E-state index in [1.54, 1.807) is 12.1 Å². The van der Waals surface area contributed by atoms with E-state index >= 15 is 0 Å². The number of nitrogens with zero attached hydrogens (tertiary/aromatic N) is 3. The molecule has 0 saturated heterocycles. The van der Waals surface area contributed by atoms with E-state index in [9.17, 15) is 17.6 Å². The highest BCUT2D eigenvalue weighted by molar-refractivity contribution is 6.30. The van der Waals surface area contributed by atoms with E-state index in [-0.39, 0.29) is 22.3 Å². The Morgan fingerprint density at radius 2 is 1.88 bits per heavy atom. The second-order valence-electron chi connectivity index (χ2n) is 4.68. The molecule has 0 aliphatic heterocycles. The van der Waals surface area contributed by atoms with Crippen molar-refractivity contribution in [1.82, 2.24) is 14.8 Å². The lowest BCUT2D eigenvalue weighted by atomic mass is 10.3. The Balaban J connectivity index is 1.98. The molecule has 0 aliphatic rings. The molecule has 0 aliphatic carbocycles. The van der Waals surface area contributed by atoms with Crippen molar-refractivity contribution in [2.45, 2.75) is 6.18 Å². The van der Waals surface area contributed by atoms with Crippen LogP contribution in [0.15, 0.2) is 48.9 Å². The molecule has 1 aromatic carbocycles. The van der Waals surface area contributed by atoms with Crippen LogP contribution in [0, 0.1) is 5.82 Å². The summed E-state index contributed by atoms with van der Waals surface area (Å²) < 4.78 is 58.2. The molecule has 0 unspecified atom stereocenters. The fourth-order valence-corrected chi connectivity index (χ4v) is 2.06. The Morgan fingerprint density at radius 3 is 2.54 bits per heavy atom. The molecule has 0 saturated carbocycles. The fraction of sp³-hybridized carbons (Fsp3) is 0.0667. The molecule has 0 bridgehead atoms. The van der Waals surface area contributed by atoms with Gasteiger partial charge in [0, 0.05) is 12.4 Å². The largest absolute Gasteiger partial charge is 0.434 e. The lowest BCUT2D eigenvalue weighted by Gasteiger charge is -2.11. The van der Waals surface area contributed by atoms with Gasteiger partial charge in [0.25, 0.3) is 5.88 Å². The number of alkyl halides is 3. The summed E-state index contributed by atoms with van der Waals surface area (Å²) in [5.74, 6) is -1.06. The van der Waals surface area contributed by atoms with Gasteiger partial charge in [-0.25, -0.2) is 14.1 Å². The van der Waals surface area contributed by atoms with Crippen molar-refractivity contribution in [3.8, 4) is 17.3 Å². The zero-order valence-corrected chi connectivity index (χ0v) is 12.5. The summed E-state index contributed by atoms with van der Waals surface area (Å²) in [6, 6.07) is 7.13. The second-order valence-corrected chi connectivity index (χ2v) is 5.12. The van der Waals surface area contributed by atoms with Gasteiger partial charge in [-0.3, -0.25) is 0 Å². The fourth-order valence-electron chi connectivity index (χ4n) is 1.91. The van der Waals surface area contributed by atoms with Crippen LogP contribution in [0.3, 0.4) is 0 Å². The number of benzene rings is 1. The topological polar surface area (TPSA) is 39.9 Å². The molecule has 0 spiro atoms. The minimum absolute atomic E-state index is 0.0862. The number of aromatic nitrogens is 3. The zero-order valence-electron chi connectivity index (χ0n) is 11.8. The highest BCUT2D eigenvalue weighted by Gasteiger charge is 2.32. The predicted octanol–water partition coefficient (Wildman–Crippen LogP) is 4.87. The van der Waals surface area contributed by atoms with E-state index in [4.69, 9.17) is 16.3 Å². The first-order valence-electron chi connectivity index (χ1n) is 6.55. The van der Waals surface area contributed by atoms with Gasteiger partial charge in [0.05, 0.1) is 16.8 Å². The molecule has 2 heterocycles. The van der Waals surface area contributed by atoms with Crippen molar-refractivity contribution >= 4 is 11.6 Å². The molecule has 9 heteroatoms. The first-order valence-corrected chi connectivity index (χ1v) is 6.92. The van der Waals surface area contributed by atoms with Gasteiger partial charge in [-0.2, -0.15) is 18.3 Å². The van der Waals surface area contributed by atoms with E-state index in [0.717, 1.165) is 16.9 Å². The minimum Gasteiger partial charge on any atom is -0.434 e. The number of hydrogen-bond donors (Lipinski definition) is 0. The van der Waals surface area contributed by atoms with Crippen LogP contribution in [-0.2, 0) is 6.18 Å². The lowest BCUT2D eigenvalue weighted by Crippen LogP contribution is -2.03. The second kappa shape index (κ2) is 6.12. The third-order valence-electron chi connectivity index (χ3n) is 3.00. The van der Waals surface area contributed by atoms with Crippen LogP contribution in [0.1, 0.15) is 5.56 Å². The molecule has 0 amide bonds. The van der Waals surface area contributed by atoms with Crippen LogP contribution < -0.4 is 4.74 Å². The minimum atomic E-state index is -4.52. The van der Waals surface area contributed by atoms with Crippen molar-refractivity contribution in [3.63, 3.8) is 0 Å². The SMILES string of the molecule is Fc1cc(Cl)cnc1Oc1ccccc1-n1cc(C(F)(F)F)cn1. The highest BCUT2D eigenvalue weighted by atomic mass is 35.5. The smallest absolute Gasteiger partial charge is 0.419 e. The standard InChI is InChI=1S/C15H8ClF4N3O/c16-10-5-11(17)14(21-7-10)24-13-4-2-1-3-12(13)23-8-9(6-22-23)15(18,19)20/h1-8H. The molecule has 0 N–H and O–H groups in total. The Kier molecular flexibility index (Phi) is 4.15. The third-order valence-corrected chi connectivity index (χ3v) is 3.21.